The summed E-state index contributed by atoms with van der Waals surface area (Å²) in [4.78, 5) is 14.8. The molecule has 5 heteroatoms. The molecule has 0 radical (unpaired) electrons. The minimum Gasteiger partial charge on any atom is -0.409 e. The van der Waals surface area contributed by atoms with E-state index in [-0.39, 0.29) is 11.7 Å². The van der Waals surface area contributed by atoms with Crippen LogP contribution in [0, 0.1) is 11.3 Å². The molecule has 0 spiro atoms. The van der Waals surface area contributed by atoms with Gasteiger partial charge in [0, 0.05) is 12.6 Å². The molecule has 1 saturated carbocycles. The molecular formula is C15H29N3O2. The summed E-state index contributed by atoms with van der Waals surface area (Å²) in [6.45, 7) is 8.52. The Bertz CT molecular complexity index is 358. The highest BCUT2D eigenvalue weighted by Gasteiger charge is 2.39. The zero-order valence-electron chi connectivity index (χ0n) is 13.2. The first kappa shape index (κ1) is 16.8. The summed E-state index contributed by atoms with van der Waals surface area (Å²) in [6.07, 6.45) is 5.47. The van der Waals surface area contributed by atoms with E-state index in [0.29, 0.717) is 12.0 Å². The lowest BCUT2D eigenvalue weighted by Crippen LogP contribution is -2.51. The second-order valence-electron chi connectivity index (χ2n) is 6.73. The first-order valence-electron chi connectivity index (χ1n) is 7.59. The number of carbonyl (C=O) groups excluding carboxylic acids is 1. The van der Waals surface area contributed by atoms with E-state index in [1.54, 1.807) is 13.8 Å². The third-order valence-electron chi connectivity index (χ3n) is 4.26. The minimum absolute atomic E-state index is 0.0185. The molecule has 0 heterocycles. The van der Waals surface area contributed by atoms with Crippen molar-refractivity contribution in [2.45, 2.75) is 65.8 Å². The fourth-order valence-corrected chi connectivity index (χ4v) is 2.66. The molecule has 1 rings (SSSR count). The number of hydrogen-bond donors (Lipinski definition) is 2. The van der Waals surface area contributed by atoms with Gasteiger partial charge in [-0.3, -0.25) is 4.79 Å². The molecule has 0 aromatic rings. The summed E-state index contributed by atoms with van der Waals surface area (Å²) in [5.41, 5.74) is 4.75. The maximum atomic E-state index is 12.8. The summed E-state index contributed by atoms with van der Waals surface area (Å²) >= 11 is 0. The van der Waals surface area contributed by atoms with Crippen LogP contribution < -0.4 is 5.73 Å². The molecule has 3 N–H and O–H groups in total. The molecule has 5 nitrogen and oxygen atoms in total. The second-order valence-corrected chi connectivity index (χ2v) is 6.73. The third-order valence-corrected chi connectivity index (χ3v) is 4.26. The Balaban J connectivity index is 2.88. The Morgan fingerprint density at radius 1 is 1.40 bits per heavy atom. The topological polar surface area (TPSA) is 78.9 Å². The van der Waals surface area contributed by atoms with Crippen LogP contribution in [0.4, 0.5) is 0 Å². The Hall–Kier alpha value is -1.26. The van der Waals surface area contributed by atoms with E-state index in [4.69, 9.17) is 10.9 Å². The number of carbonyl (C=O) groups is 1. The molecule has 0 bridgehead atoms. The lowest BCUT2D eigenvalue weighted by Gasteiger charge is -2.35. The van der Waals surface area contributed by atoms with E-state index >= 15 is 0 Å². The van der Waals surface area contributed by atoms with Crippen molar-refractivity contribution >= 4 is 11.7 Å². The zero-order chi connectivity index (χ0) is 15.3. The first-order chi connectivity index (χ1) is 9.30. The van der Waals surface area contributed by atoms with Crippen LogP contribution in [0.25, 0.3) is 0 Å². The van der Waals surface area contributed by atoms with Gasteiger partial charge in [-0.15, -0.1) is 0 Å². The van der Waals surface area contributed by atoms with Crippen molar-refractivity contribution in [3.63, 3.8) is 0 Å². The fraction of sp³-hybridized carbons (Fsp3) is 0.867. The number of nitrogens with two attached hydrogens (primary N) is 1. The Labute approximate surface area is 122 Å². The third kappa shape index (κ3) is 3.87. The van der Waals surface area contributed by atoms with Crippen LogP contribution in [0.5, 0.6) is 0 Å². The van der Waals surface area contributed by atoms with Gasteiger partial charge in [0.1, 0.15) is 5.41 Å². The standard InChI is InChI=1S/C15H29N3O2/c1-11(2)9-10-18(12-7-5-6-8-12)14(19)15(3,4)13(16)17-20/h11-12,20H,5-10H2,1-4H3,(H2,16,17). The number of hydrogen-bond acceptors (Lipinski definition) is 3. The van der Waals surface area contributed by atoms with Crippen molar-refractivity contribution < 1.29 is 10.0 Å². The van der Waals surface area contributed by atoms with Crippen molar-refractivity contribution in [2.75, 3.05) is 6.54 Å². The van der Waals surface area contributed by atoms with E-state index in [1.807, 2.05) is 4.90 Å². The van der Waals surface area contributed by atoms with Crippen LogP contribution in [0.15, 0.2) is 5.16 Å². The van der Waals surface area contributed by atoms with E-state index < -0.39 is 5.41 Å². The molecule has 1 amide bonds. The number of oxime groups is 1. The molecule has 1 aliphatic carbocycles. The highest BCUT2D eigenvalue weighted by Crippen LogP contribution is 2.29. The van der Waals surface area contributed by atoms with Crippen LogP contribution in [-0.4, -0.2) is 34.4 Å². The van der Waals surface area contributed by atoms with Crippen molar-refractivity contribution in [1.29, 1.82) is 0 Å². The molecule has 0 aromatic carbocycles. The maximum absolute atomic E-state index is 12.8. The number of rotatable bonds is 6. The number of amides is 1. The van der Waals surface area contributed by atoms with Crippen LogP contribution in [-0.2, 0) is 4.79 Å². The van der Waals surface area contributed by atoms with E-state index in [1.165, 1.54) is 12.8 Å². The maximum Gasteiger partial charge on any atom is 0.236 e. The monoisotopic (exact) mass is 283 g/mol. The van der Waals surface area contributed by atoms with Gasteiger partial charge in [0.25, 0.3) is 0 Å². The van der Waals surface area contributed by atoms with Crippen molar-refractivity contribution in [1.82, 2.24) is 4.90 Å². The van der Waals surface area contributed by atoms with Gasteiger partial charge < -0.3 is 15.8 Å². The second kappa shape index (κ2) is 6.95. The van der Waals surface area contributed by atoms with Gasteiger partial charge in [0.2, 0.25) is 5.91 Å². The molecule has 0 unspecified atom stereocenters. The molecule has 0 aliphatic heterocycles. The largest absolute Gasteiger partial charge is 0.409 e. The quantitative estimate of drug-likeness (QED) is 0.340. The minimum atomic E-state index is -0.950. The summed E-state index contributed by atoms with van der Waals surface area (Å²) in [5, 5.41) is 11.9. The molecule has 116 valence electrons. The number of nitrogens with zero attached hydrogens (tertiary/aromatic N) is 2. The number of amidine groups is 1. The van der Waals surface area contributed by atoms with Crippen LogP contribution in [0.3, 0.4) is 0 Å². The van der Waals surface area contributed by atoms with Crippen LogP contribution in [0.2, 0.25) is 0 Å². The molecule has 0 atom stereocenters. The normalized spacial score (nSPS) is 17.8. The van der Waals surface area contributed by atoms with E-state index in [0.717, 1.165) is 25.8 Å². The van der Waals surface area contributed by atoms with Gasteiger partial charge in [-0.25, -0.2) is 0 Å². The van der Waals surface area contributed by atoms with Gasteiger partial charge in [-0.1, -0.05) is 31.8 Å². The summed E-state index contributed by atoms with van der Waals surface area (Å²) in [6, 6.07) is 0.312. The zero-order valence-corrected chi connectivity index (χ0v) is 13.2. The lowest BCUT2D eigenvalue weighted by molar-refractivity contribution is -0.139. The van der Waals surface area contributed by atoms with Crippen molar-refractivity contribution in [2.24, 2.45) is 22.2 Å². The SMILES string of the molecule is CC(C)CCN(C(=O)C(C)(C)C(N)=NO)C1CCCC1. The Kier molecular flexibility index (Phi) is 5.84. The smallest absolute Gasteiger partial charge is 0.236 e. The lowest BCUT2D eigenvalue weighted by atomic mass is 9.89. The molecule has 1 fully saturated rings. The summed E-state index contributed by atoms with van der Waals surface area (Å²) < 4.78 is 0. The van der Waals surface area contributed by atoms with Crippen molar-refractivity contribution in [3.8, 4) is 0 Å². The van der Waals surface area contributed by atoms with Gasteiger partial charge >= 0.3 is 0 Å². The molecule has 20 heavy (non-hydrogen) atoms. The molecule has 0 aromatic heterocycles. The summed E-state index contributed by atoms with van der Waals surface area (Å²) in [7, 11) is 0. The molecular weight excluding hydrogens is 254 g/mol. The molecule has 0 saturated heterocycles. The Morgan fingerprint density at radius 3 is 2.40 bits per heavy atom. The average Bonchev–Trinajstić information content (AvgIpc) is 2.91. The van der Waals surface area contributed by atoms with Crippen LogP contribution >= 0.6 is 0 Å². The Morgan fingerprint density at radius 2 is 1.95 bits per heavy atom. The highest BCUT2D eigenvalue weighted by molar-refractivity contribution is 6.06. The van der Waals surface area contributed by atoms with Gasteiger partial charge in [0.05, 0.1) is 0 Å². The van der Waals surface area contributed by atoms with Crippen LogP contribution in [0.1, 0.15) is 59.8 Å². The fourth-order valence-electron chi connectivity index (χ4n) is 2.66. The average molecular weight is 283 g/mol. The van der Waals surface area contributed by atoms with Gasteiger partial charge in [-0.2, -0.15) is 0 Å². The van der Waals surface area contributed by atoms with Crippen molar-refractivity contribution in [3.05, 3.63) is 0 Å². The summed E-state index contributed by atoms with van der Waals surface area (Å²) in [5.74, 6) is 0.508. The predicted octanol–water partition coefficient (Wildman–Crippen LogP) is 2.58. The predicted molar refractivity (Wildman–Crippen MR) is 80.6 cm³/mol. The van der Waals surface area contributed by atoms with E-state index in [2.05, 4.69) is 19.0 Å². The van der Waals surface area contributed by atoms with Gasteiger partial charge in [-0.05, 0) is 39.0 Å². The molecule has 1 aliphatic rings. The van der Waals surface area contributed by atoms with Gasteiger partial charge in [0.15, 0.2) is 5.84 Å². The highest BCUT2D eigenvalue weighted by atomic mass is 16.4. The first-order valence-corrected chi connectivity index (χ1v) is 7.59. The van der Waals surface area contributed by atoms with E-state index in [9.17, 15) is 4.79 Å².